The van der Waals surface area contributed by atoms with Crippen molar-refractivity contribution in [2.75, 3.05) is 0 Å². The lowest BCUT2D eigenvalue weighted by Crippen LogP contribution is -2.70. The van der Waals surface area contributed by atoms with Crippen LogP contribution in [-0.4, -0.2) is 52.5 Å². The predicted molar refractivity (Wildman–Crippen MR) is 84.1 cm³/mol. The molecule has 0 aromatic heterocycles. The molecule has 1 aromatic carbocycles. The number of carboxylic acids is 1. The van der Waals surface area contributed by atoms with E-state index >= 15 is 0 Å². The van der Waals surface area contributed by atoms with E-state index in [1.165, 1.54) is 13.8 Å². The van der Waals surface area contributed by atoms with Gasteiger partial charge in [0.25, 0.3) is 0 Å². The summed E-state index contributed by atoms with van der Waals surface area (Å²) in [5.74, 6) is -14.9. The second-order valence-electron chi connectivity index (χ2n) is 6.60. The average Bonchev–Trinajstić information content (AvgIpc) is 2.84. The monoisotopic (exact) mass is 446 g/mol. The van der Waals surface area contributed by atoms with Crippen molar-refractivity contribution >= 4 is 33.7 Å². The molecule has 3 atom stereocenters. The summed E-state index contributed by atoms with van der Waals surface area (Å²) in [7, 11) is -5.34. The molecule has 154 valence electrons. The Balaban J connectivity index is 1.96. The smallest absolute Gasteiger partial charge is 0.327 e. The number of carbonyl (C=O) groups excluding carboxylic acids is 1. The van der Waals surface area contributed by atoms with Crippen molar-refractivity contribution in [1.29, 1.82) is 0 Å². The molecule has 7 nitrogen and oxygen atoms in total. The van der Waals surface area contributed by atoms with E-state index < -0.39 is 78.1 Å². The molecule has 14 heteroatoms. The van der Waals surface area contributed by atoms with E-state index in [-0.39, 0.29) is 0 Å². The topological polar surface area (TPSA) is 104 Å². The standard InChI is InChI=1S/C14H11F5N2O5S2/c1-14(2)10(13(23)24)21-11(22)8(12(21)27-14)20-28(25,26)9-6(18)4(16)3(15)5(17)7(9)19/h8,10,12,20H,1-2H3,(H,23,24)/t8-,10+,12-/m1/s1. The highest BCUT2D eigenvalue weighted by Crippen LogP contribution is 2.51. The van der Waals surface area contributed by atoms with Gasteiger partial charge in [0.1, 0.15) is 17.5 Å². The first-order valence-corrected chi connectivity index (χ1v) is 9.85. The Hall–Kier alpha value is -1.93. The number of rotatable bonds is 4. The number of halogens is 5. The maximum Gasteiger partial charge on any atom is 0.327 e. The van der Waals surface area contributed by atoms with Gasteiger partial charge in [-0.2, -0.15) is 4.72 Å². The zero-order valence-electron chi connectivity index (χ0n) is 14.0. The molecule has 2 saturated heterocycles. The fourth-order valence-corrected chi connectivity index (χ4v) is 6.21. The molecule has 1 aromatic rings. The summed E-state index contributed by atoms with van der Waals surface area (Å²) in [4.78, 5) is 22.4. The summed E-state index contributed by atoms with van der Waals surface area (Å²) >= 11 is 0.921. The number of hydrogen-bond acceptors (Lipinski definition) is 5. The van der Waals surface area contributed by atoms with Crippen LogP contribution in [0.4, 0.5) is 22.0 Å². The second-order valence-corrected chi connectivity index (χ2v) is 10.0. The van der Waals surface area contributed by atoms with Gasteiger partial charge < -0.3 is 10.0 Å². The van der Waals surface area contributed by atoms with Crippen LogP contribution in [-0.2, 0) is 19.6 Å². The summed E-state index contributed by atoms with van der Waals surface area (Å²) in [6.07, 6.45) is 0. The number of nitrogens with one attached hydrogen (secondary N) is 1. The number of benzene rings is 1. The van der Waals surface area contributed by atoms with Crippen molar-refractivity contribution in [2.45, 2.75) is 40.9 Å². The quantitative estimate of drug-likeness (QED) is 0.312. The first-order valence-electron chi connectivity index (χ1n) is 7.49. The van der Waals surface area contributed by atoms with Crippen molar-refractivity contribution in [2.24, 2.45) is 0 Å². The normalized spacial score (nSPS) is 26.2. The van der Waals surface area contributed by atoms with Gasteiger partial charge in [0, 0.05) is 4.75 Å². The Kier molecular flexibility index (Phi) is 4.67. The SMILES string of the molecule is CC1(C)S[C@@H]2[C@H](NS(=O)(=O)c3c(F)c(F)c(F)c(F)c3F)C(=O)N2[C@H]1C(=O)O. The van der Waals surface area contributed by atoms with Crippen LogP contribution in [0.3, 0.4) is 0 Å². The lowest BCUT2D eigenvalue weighted by Gasteiger charge is -2.43. The Labute approximate surface area is 158 Å². The fourth-order valence-electron chi connectivity index (χ4n) is 3.17. The maximum absolute atomic E-state index is 13.8. The Morgan fingerprint density at radius 1 is 1.07 bits per heavy atom. The molecule has 0 saturated carbocycles. The minimum atomic E-state index is -5.34. The molecular weight excluding hydrogens is 435 g/mol. The number of amides is 1. The number of sulfonamides is 1. The molecular formula is C14H11F5N2O5S2. The molecule has 28 heavy (non-hydrogen) atoms. The van der Waals surface area contributed by atoms with Crippen molar-refractivity contribution < 1.29 is 45.1 Å². The summed E-state index contributed by atoms with van der Waals surface area (Å²) < 4.78 is 92.4. The van der Waals surface area contributed by atoms with Crippen molar-refractivity contribution in [3.05, 3.63) is 29.1 Å². The van der Waals surface area contributed by atoms with E-state index in [0.29, 0.717) is 0 Å². The minimum Gasteiger partial charge on any atom is -0.480 e. The van der Waals surface area contributed by atoms with Crippen LogP contribution in [0, 0.1) is 29.1 Å². The fraction of sp³-hybridized carbons (Fsp3) is 0.429. The molecule has 0 radical (unpaired) electrons. The third-order valence-electron chi connectivity index (χ3n) is 4.40. The molecule has 2 aliphatic heterocycles. The molecule has 2 fully saturated rings. The molecule has 2 aliphatic rings. The van der Waals surface area contributed by atoms with Crippen LogP contribution >= 0.6 is 11.8 Å². The van der Waals surface area contributed by atoms with Gasteiger partial charge in [0.2, 0.25) is 21.7 Å². The Morgan fingerprint density at radius 3 is 2.00 bits per heavy atom. The van der Waals surface area contributed by atoms with E-state index in [1.54, 1.807) is 4.72 Å². The van der Waals surface area contributed by atoms with Gasteiger partial charge in [-0.05, 0) is 13.8 Å². The van der Waals surface area contributed by atoms with E-state index in [1.807, 2.05) is 0 Å². The van der Waals surface area contributed by atoms with Gasteiger partial charge in [-0.3, -0.25) is 4.79 Å². The molecule has 0 unspecified atom stereocenters. The molecule has 1 amide bonds. The number of carbonyl (C=O) groups is 2. The van der Waals surface area contributed by atoms with E-state index in [0.717, 1.165) is 16.7 Å². The number of aliphatic carboxylic acids is 1. The Bertz CT molecular complexity index is 987. The van der Waals surface area contributed by atoms with Crippen molar-refractivity contribution in [3.63, 3.8) is 0 Å². The van der Waals surface area contributed by atoms with Gasteiger partial charge in [-0.25, -0.2) is 35.2 Å². The third kappa shape index (κ3) is 2.76. The van der Waals surface area contributed by atoms with Gasteiger partial charge in [0.15, 0.2) is 28.2 Å². The summed E-state index contributed by atoms with van der Waals surface area (Å²) in [6.45, 7) is 3.00. The number of carboxylic acid groups (broad SMARTS) is 1. The van der Waals surface area contributed by atoms with Gasteiger partial charge >= 0.3 is 5.97 Å². The average molecular weight is 446 g/mol. The second kappa shape index (κ2) is 6.29. The first-order chi connectivity index (χ1) is 12.7. The highest BCUT2D eigenvalue weighted by Gasteiger charge is 2.64. The molecule has 3 rings (SSSR count). The van der Waals surface area contributed by atoms with Crippen LogP contribution in [0.15, 0.2) is 4.90 Å². The van der Waals surface area contributed by atoms with E-state index in [4.69, 9.17) is 0 Å². The highest BCUT2D eigenvalue weighted by atomic mass is 32.2. The maximum atomic E-state index is 13.8. The number of β-lactam (4-membered cyclic amide) rings is 1. The number of nitrogens with zero attached hydrogens (tertiary/aromatic N) is 1. The van der Waals surface area contributed by atoms with Crippen molar-refractivity contribution in [3.8, 4) is 0 Å². The van der Waals surface area contributed by atoms with Crippen LogP contribution in [0.5, 0.6) is 0 Å². The lowest BCUT2D eigenvalue weighted by molar-refractivity contribution is -0.159. The lowest BCUT2D eigenvalue weighted by atomic mass is 9.96. The first kappa shape index (κ1) is 20.8. The number of hydrogen-bond donors (Lipinski definition) is 2. The Morgan fingerprint density at radius 2 is 1.54 bits per heavy atom. The summed E-state index contributed by atoms with van der Waals surface area (Å²) in [5.41, 5.74) is 0. The number of fused-ring (bicyclic) bond motifs is 1. The van der Waals surface area contributed by atoms with Gasteiger partial charge in [0.05, 0.1) is 0 Å². The van der Waals surface area contributed by atoms with Crippen LogP contribution < -0.4 is 4.72 Å². The van der Waals surface area contributed by atoms with E-state index in [9.17, 15) is 45.1 Å². The minimum absolute atomic E-state index is 0.888. The van der Waals surface area contributed by atoms with Gasteiger partial charge in [-0.15, -0.1) is 11.8 Å². The molecule has 2 N–H and O–H groups in total. The molecule has 0 aliphatic carbocycles. The van der Waals surface area contributed by atoms with Crippen LogP contribution in [0.1, 0.15) is 13.8 Å². The summed E-state index contributed by atoms with van der Waals surface area (Å²) in [6, 6.07) is -2.92. The van der Waals surface area contributed by atoms with Crippen LogP contribution in [0.25, 0.3) is 0 Å². The summed E-state index contributed by atoms with van der Waals surface area (Å²) in [5, 5.41) is 8.25. The third-order valence-corrected chi connectivity index (χ3v) is 7.43. The van der Waals surface area contributed by atoms with E-state index in [2.05, 4.69) is 0 Å². The highest BCUT2D eigenvalue weighted by molar-refractivity contribution is 8.01. The largest absolute Gasteiger partial charge is 0.480 e. The van der Waals surface area contributed by atoms with Crippen LogP contribution in [0.2, 0.25) is 0 Å². The molecule has 0 spiro atoms. The molecule has 2 heterocycles. The zero-order chi connectivity index (χ0) is 21.3. The predicted octanol–water partition coefficient (Wildman–Crippen LogP) is 1.18. The number of thioether (sulfide) groups is 1. The van der Waals surface area contributed by atoms with Crippen molar-refractivity contribution in [1.82, 2.24) is 9.62 Å². The zero-order valence-corrected chi connectivity index (χ0v) is 15.6. The van der Waals surface area contributed by atoms with Gasteiger partial charge in [-0.1, -0.05) is 0 Å². The molecule has 0 bridgehead atoms.